The Bertz CT molecular complexity index is 329. The highest BCUT2D eigenvalue weighted by molar-refractivity contribution is 6.33. The lowest BCUT2D eigenvalue weighted by Gasteiger charge is -2.01. The van der Waals surface area contributed by atoms with E-state index in [1.54, 1.807) is 25.3 Å². The highest BCUT2D eigenvalue weighted by Crippen LogP contribution is 2.29. The lowest BCUT2D eigenvalue weighted by molar-refractivity contribution is 0.139. The maximum Gasteiger partial charge on any atom is 0.121 e. The van der Waals surface area contributed by atoms with Crippen molar-refractivity contribution in [2.45, 2.75) is 6.92 Å². The van der Waals surface area contributed by atoms with Crippen LogP contribution in [0.1, 0.15) is 6.92 Å². The predicted molar refractivity (Wildman–Crippen MR) is 54.1 cm³/mol. The SMILES string of the molecule is CCON=Nc1cc(OC)ccc1Cl. The smallest absolute Gasteiger partial charge is 0.121 e. The van der Waals surface area contributed by atoms with Crippen molar-refractivity contribution in [1.82, 2.24) is 0 Å². The van der Waals surface area contributed by atoms with Crippen LogP contribution in [0.3, 0.4) is 0 Å². The zero-order valence-electron chi connectivity index (χ0n) is 8.03. The Morgan fingerprint density at radius 2 is 2.21 bits per heavy atom. The monoisotopic (exact) mass is 214 g/mol. The van der Waals surface area contributed by atoms with Gasteiger partial charge >= 0.3 is 0 Å². The molecule has 0 aromatic heterocycles. The van der Waals surface area contributed by atoms with Crippen LogP contribution in [0.2, 0.25) is 5.02 Å². The first-order valence-corrected chi connectivity index (χ1v) is 4.52. The fourth-order valence-electron chi connectivity index (χ4n) is 0.827. The molecule has 1 rings (SSSR count). The minimum Gasteiger partial charge on any atom is -0.497 e. The minimum atomic E-state index is 0.477. The number of rotatable bonds is 4. The summed E-state index contributed by atoms with van der Waals surface area (Å²) in [5.74, 6) is 0.680. The Hall–Kier alpha value is -1.29. The Morgan fingerprint density at radius 3 is 2.86 bits per heavy atom. The summed E-state index contributed by atoms with van der Waals surface area (Å²) in [4.78, 5) is 4.72. The van der Waals surface area contributed by atoms with Gasteiger partial charge in [-0.05, 0) is 19.1 Å². The summed E-state index contributed by atoms with van der Waals surface area (Å²) in [5, 5.41) is 7.78. The summed E-state index contributed by atoms with van der Waals surface area (Å²) in [6.45, 7) is 2.30. The summed E-state index contributed by atoms with van der Waals surface area (Å²) in [6.07, 6.45) is 0. The molecule has 0 fully saturated rings. The molecule has 14 heavy (non-hydrogen) atoms. The molecule has 0 aliphatic rings. The van der Waals surface area contributed by atoms with Crippen LogP contribution in [0.15, 0.2) is 28.6 Å². The van der Waals surface area contributed by atoms with Gasteiger partial charge in [-0.2, -0.15) is 0 Å². The molecular formula is C9H11ClN2O2. The molecule has 0 bridgehead atoms. The summed E-state index contributed by atoms with van der Waals surface area (Å²) in [7, 11) is 1.58. The van der Waals surface area contributed by atoms with Gasteiger partial charge in [-0.3, -0.25) is 0 Å². The second-order valence-corrected chi connectivity index (χ2v) is 2.82. The second-order valence-electron chi connectivity index (χ2n) is 2.42. The van der Waals surface area contributed by atoms with Crippen LogP contribution in [-0.2, 0) is 4.84 Å². The lowest BCUT2D eigenvalue weighted by Crippen LogP contribution is -1.81. The molecule has 0 aliphatic heterocycles. The van der Waals surface area contributed by atoms with E-state index in [0.717, 1.165) is 0 Å². The topological polar surface area (TPSA) is 43.2 Å². The first kappa shape index (κ1) is 10.8. The third kappa shape index (κ3) is 2.88. The molecule has 0 saturated heterocycles. The van der Waals surface area contributed by atoms with E-state index in [4.69, 9.17) is 21.2 Å². The van der Waals surface area contributed by atoms with Gasteiger partial charge in [-0.1, -0.05) is 11.6 Å². The van der Waals surface area contributed by atoms with Crippen LogP contribution >= 0.6 is 11.6 Å². The van der Waals surface area contributed by atoms with Gasteiger partial charge < -0.3 is 9.57 Å². The van der Waals surface area contributed by atoms with Gasteiger partial charge in [-0.25, -0.2) is 0 Å². The van der Waals surface area contributed by atoms with Crippen LogP contribution in [0.25, 0.3) is 0 Å². The van der Waals surface area contributed by atoms with Crippen LogP contribution < -0.4 is 4.74 Å². The van der Waals surface area contributed by atoms with Crippen LogP contribution in [0.4, 0.5) is 5.69 Å². The van der Waals surface area contributed by atoms with Gasteiger partial charge in [0.2, 0.25) is 0 Å². The van der Waals surface area contributed by atoms with E-state index in [2.05, 4.69) is 10.4 Å². The molecule has 5 heteroatoms. The number of halogens is 1. The fourth-order valence-corrected chi connectivity index (χ4v) is 0.982. The lowest BCUT2D eigenvalue weighted by atomic mass is 10.3. The summed E-state index contributed by atoms with van der Waals surface area (Å²) in [6, 6.07) is 5.13. The zero-order valence-corrected chi connectivity index (χ0v) is 8.78. The Morgan fingerprint density at radius 1 is 1.43 bits per heavy atom. The molecule has 0 radical (unpaired) electrons. The van der Waals surface area contributed by atoms with Crippen molar-refractivity contribution in [2.24, 2.45) is 10.4 Å². The van der Waals surface area contributed by atoms with E-state index in [0.29, 0.717) is 23.1 Å². The molecule has 0 heterocycles. The molecule has 0 spiro atoms. The quantitative estimate of drug-likeness (QED) is 0.570. The molecule has 1 aromatic rings. The van der Waals surface area contributed by atoms with Crippen molar-refractivity contribution in [3.63, 3.8) is 0 Å². The van der Waals surface area contributed by atoms with E-state index in [1.165, 1.54) is 0 Å². The van der Waals surface area contributed by atoms with E-state index >= 15 is 0 Å². The third-order valence-corrected chi connectivity index (χ3v) is 1.81. The number of methoxy groups -OCH3 is 1. The molecule has 0 aliphatic carbocycles. The van der Waals surface area contributed by atoms with Crippen molar-refractivity contribution < 1.29 is 9.57 Å². The normalized spacial score (nSPS) is 10.5. The molecule has 76 valence electrons. The molecule has 4 nitrogen and oxygen atoms in total. The summed E-state index contributed by atoms with van der Waals surface area (Å²) in [5.41, 5.74) is 0.527. The van der Waals surface area contributed by atoms with Crippen molar-refractivity contribution in [2.75, 3.05) is 13.7 Å². The highest BCUT2D eigenvalue weighted by atomic mass is 35.5. The molecule has 0 atom stereocenters. The van der Waals surface area contributed by atoms with Gasteiger partial charge in [0.25, 0.3) is 0 Å². The van der Waals surface area contributed by atoms with Crippen LogP contribution in [-0.4, -0.2) is 13.7 Å². The van der Waals surface area contributed by atoms with Gasteiger partial charge in [0.1, 0.15) is 18.0 Å². The van der Waals surface area contributed by atoms with Crippen LogP contribution in [0.5, 0.6) is 5.75 Å². The molecule has 0 unspecified atom stereocenters. The largest absolute Gasteiger partial charge is 0.497 e. The van der Waals surface area contributed by atoms with Crippen molar-refractivity contribution in [1.29, 1.82) is 0 Å². The molecule has 0 amide bonds. The van der Waals surface area contributed by atoms with E-state index in [9.17, 15) is 0 Å². The first-order valence-electron chi connectivity index (χ1n) is 4.14. The standard InChI is InChI=1S/C9H11ClN2O2/c1-3-14-12-11-9-6-7(13-2)4-5-8(9)10/h4-6H,3H2,1-2H3. The van der Waals surface area contributed by atoms with Crippen molar-refractivity contribution in [3.05, 3.63) is 23.2 Å². The maximum atomic E-state index is 5.87. The average Bonchev–Trinajstić information content (AvgIpc) is 2.21. The number of nitrogens with zero attached hydrogens (tertiary/aromatic N) is 2. The highest BCUT2D eigenvalue weighted by Gasteiger charge is 2.00. The summed E-state index contributed by atoms with van der Waals surface area (Å²) >= 11 is 5.87. The van der Waals surface area contributed by atoms with Gasteiger partial charge in [0, 0.05) is 11.3 Å². The van der Waals surface area contributed by atoms with E-state index < -0.39 is 0 Å². The minimum absolute atomic E-state index is 0.477. The van der Waals surface area contributed by atoms with Crippen molar-refractivity contribution >= 4 is 17.3 Å². The van der Waals surface area contributed by atoms with E-state index in [-0.39, 0.29) is 0 Å². The number of hydrogen-bond acceptors (Lipinski definition) is 4. The number of hydrogen-bond donors (Lipinski definition) is 0. The zero-order chi connectivity index (χ0) is 10.4. The third-order valence-electron chi connectivity index (χ3n) is 1.49. The molecule has 1 aromatic carbocycles. The van der Waals surface area contributed by atoms with Gasteiger partial charge in [0.05, 0.1) is 12.1 Å². The Labute approximate surface area is 87.5 Å². The number of benzene rings is 1. The van der Waals surface area contributed by atoms with Crippen molar-refractivity contribution in [3.8, 4) is 5.75 Å². The van der Waals surface area contributed by atoms with E-state index in [1.807, 2.05) is 6.92 Å². The Kier molecular flexibility index (Phi) is 4.19. The van der Waals surface area contributed by atoms with Crippen LogP contribution in [0, 0.1) is 0 Å². The maximum absolute atomic E-state index is 5.87. The predicted octanol–water partition coefficient (Wildman–Crippen LogP) is 3.38. The first-order chi connectivity index (χ1) is 6.77. The molecular weight excluding hydrogens is 204 g/mol. The average molecular weight is 215 g/mol. The summed E-state index contributed by atoms with van der Waals surface area (Å²) < 4.78 is 5.02. The molecule has 0 saturated carbocycles. The number of ether oxygens (including phenoxy) is 1. The van der Waals surface area contributed by atoms with Gasteiger partial charge in [-0.15, -0.1) is 5.11 Å². The van der Waals surface area contributed by atoms with Gasteiger partial charge in [0.15, 0.2) is 0 Å². The fraction of sp³-hybridized carbons (Fsp3) is 0.333. The molecule has 0 N–H and O–H groups in total. The Balaban J connectivity index is 2.83. The second kappa shape index (κ2) is 5.44.